The number of carbonyl (C=O) groups excluding carboxylic acids is 1. The van der Waals surface area contributed by atoms with E-state index in [4.69, 9.17) is 0 Å². The van der Waals surface area contributed by atoms with Gasteiger partial charge in [-0.1, -0.05) is 13.8 Å². The average molecular weight is 130 g/mol. The van der Waals surface area contributed by atoms with E-state index in [1.54, 1.807) is 0 Å². The van der Waals surface area contributed by atoms with Gasteiger partial charge in [0.1, 0.15) is 0 Å². The Morgan fingerprint density at radius 1 is 1.44 bits per heavy atom. The number of carbonyl (C=O) groups is 1. The predicted octanol–water partition coefficient (Wildman–Crippen LogP) is 0.0796. The van der Waals surface area contributed by atoms with Gasteiger partial charge in [-0.3, -0.25) is 4.79 Å². The van der Waals surface area contributed by atoms with Crippen LogP contribution in [-0.4, -0.2) is 19.1 Å². The molecule has 54 valence electrons. The van der Waals surface area contributed by atoms with E-state index in [0.29, 0.717) is 13.1 Å². The Hall–Kier alpha value is -0.570. The van der Waals surface area contributed by atoms with Crippen molar-refractivity contribution in [3.63, 3.8) is 0 Å². The molecule has 2 N–H and O–H groups in total. The van der Waals surface area contributed by atoms with Gasteiger partial charge in [0.05, 0.1) is 6.67 Å². The molecule has 3 nitrogen and oxygen atoms in total. The maximum atomic E-state index is 10.5. The van der Waals surface area contributed by atoms with Crippen LogP contribution >= 0.6 is 0 Å². The van der Waals surface area contributed by atoms with Crippen molar-refractivity contribution in [2.45, 2.75) is 20.3 Å². The molecule has 0 spiro atoms. The summed E-state index contributed by atoms with van der Waals surface area (Å²) in [6.07, 6.45) is 0.561. The normalized spacial score (nSPS) is 9.11. The molecule has 0 radical (unpaired) electrons. The molecular formula is C6H14N2O. The van der Waals surface area contributed by atoms with Crippen molar-refractivity contribution in [1.82, 2.24) is 10.6 Å². The first-order chi connectivity index (χ1) is 4.31. The number of hydrogen-bond donors (Lipinski definition) is 2. The maximum Gasteiger partial charge on any atom is 0.220 e. The molecule has 0 aliphatic rings. The van der Waals surface area contributed by atoms with E-state index in [1.807, 2.05) is 13.8 Å². The molecule has 0 saturated carbocycles. The second-order valence-corrected chi connectivity index (χ2v) is 1.73. The summed E-state index contributed by atoms with van der Waals surface area (Å²) in [5.74, 6) is 0.0935. The van der Waals surface area contributed by atoms with E-state index in [2.05, 4.69) is 10.6 Å². The minimum atomic E-state index is 0.0935. The van der Waals surface area contributed by atoms with Crippen LogP contribution in [0.3, 0.4) is 0 Å². The molecule has 1 amide bonds. The molecule has 0 unspecified atom stereocenters. The topological polar surface area (TPSA) is 41.1 Å². The molecule has 0 bridgehead atoms. The van der Waals surface area contributed by atoms with Gasteiger partial charge in [0.2, 0.25) is 5.91 Å². The average Bonchev–Trinajstić information content (AvgIpc) is 1.89. The summed E-state index contributed by atoms with van der Waals surface area (Å²) in [6, 6.07) is 0. The Balaban J connectivity index is 2.97. The van der Waals surface area contributed by atoms with Gasteiger partial charge < -0.3 is 10.6 Å². The van der Waals surface area contributed by atoms with Gasteiger partial charge in [-0.15, -0.1) is 0 Å². The number of rotatable bonds is 4. The van der Waals surface area contributed by atoms with E-state index in [9.17, 15) is 4.79 Å². The quantitative estimate of drug-likeness (QED) is 0.418. The Morgan fingerprint density at radius 3 is 2.56 bits per heavy atom. The molecule has 9 heavy (non-hydrogen) atoms. The summed E-state index contributed by atoms with van der Waals surface area (Å²) in [7, 11) is 0. The zero-order valence-electron chi connectivity index (χ0n) is 6.03. The lowest BCUT2D eigenvalue weighted by atomic mass is 10.5. The fourth-order valence-electron chi connectivity index (χ4n) is 0.411. The van der Waals surface area contributed by atoms with Crippen molar-refractivity contribution in [2.75, 3.05) is 13.2 Å². The number of nitrogens with one attached hydrogen (secondary N) is 2. The summed E-state index contributed by atoms with van der Waals surface area (Å²) >= 11 is 0. The van der Waals surface area contributed by atoms with Gasteiger partial charge in [0, 0.05) is 6.42 Å². The van der Waals surface area contributed by atoms with Crippen molar-refractivity contribution in [3.05, 3.63) is 0 Å². The number of amides is 1. The third-order valence-corrected chi connectivity index (χ3v) is 0.982. The lowest BCUT2D eigenvalue weighted by molar-refractivity contribution is -0.120. The molecule has 0 saturated heterocycles. The summed E-state index contributed by atoms with van der Waals surface area (Å²) in [5, 5.41) is 5.66. The Bertz CT molecular complexity index is 83.1. The van der Waals surface area contributed by atoms with Crippen LogP contribution in [-0.2, 0) is 4.79 Å². The summed E-state index contributed by atoms with van der Waals surface area (Å²) in [5.41, 5.74) is 0. The minimum absolute atomic E-state index is 0.0935. The van der Waals surface area contributed by atoms with Crippen molar-refractivity contribution >= 4 is 5.91 Å². The maximum absolute atomic E-state index is 10.5. The van der Waals surface area contributed by atoms with Crippen LogP contribution in [0.15, 0.2) is 0 Å². The summed E-state index contributed by atoms with van der Waals surface area (Å²) < 4.78 is 0. The van der Waals surface area contributed by atoms with Gasteiger partial charge >= 0.3 is 0 Å². The molecule has 0 fully saturated rings. The fourth-order valence-corrected chi connectivity index (χ4v) is 0.411. The highest BCUT2D eigenvalue weighted by atomic mass is 16.1. The van der Waals surface area contributed by atoms with Crippen molar-refractivity contribution in [2.24, 2.45) is 0 Å². The minimum Gasteiger partial charge on any atom is -0.344 e. The Kier molecular flexibility index (Phi) is 5.21. The molecule has 0 heterocycles. The fraction of sp³-hybridized carbons (Fsp3) is 0.833. The lowest BCUT2D eigenvalue weighted by Crippen LogP contribution is -2.32. The van der Waals surface area contributed by atoms with Gasteiger partial charge in [-0.05, 0) is 6.54 Å². The van der Waals surface area contributed by atoms with Gasteiger partial charge in [-0.25, -0.2) is 0 Å². The van der Waals surface area contributed by atoms with E-state index in [1.165, 1.54) is 0 Å². The van der Waals surface area contributed by atoms with Crippen molar-refractivity contribution in [3.8, 4) is 0 Å². The van der Waals surface area contributed by atoms with E-state index < -0.39 is 0 Å². The van der Waals surface area contributed by atoms with Crippen LogP contribution < -0.4 is 10.6 Å². The third-order valence-electron chi connectivity index (χ3n) is 0.982. The van der Waals surface area contributed by atoms with Gasteiger partial charge in [0.15, 0.2) is 0 Å². The molecular weight excluding hydrogens is 116 g/mol. The van der Waals surface area contributed by atoms with E-state index in [-0.39, 0.29) is 5.91 Å². The van der Waals surface area contributed by atoms with Crippen molar-refractivity contribution in [1.29, 1.82) is 0 Å². The molecule has 0 rings (SSSR count). The van der Waals surface area contributed by atoms with Gasteiger partial charge in [0.25, 0.3) is 0 Å². The lowest BCUT2D eigenvalue weighted by Gasteiger charge is -2.01. The molecule has 0 aromatic carbocycles. The monoisotopic (exact) mass is 130 g/mol. The van der Waals surface area contributed by atoms with Crippen LogP contribution in [0.4, 0.5) is 0 Å². The first-order valence-electron chi connectivity index (χ1n) is 3.28. The SMILES string of the molecule is CCNCNC(=O)CC. The molecule has 0 aromatic heterocycles. The van der Waals surface area contributed by atoms with Crippen LogP contribution in [0.25, 0.3) is 0 Å². The van der Waals surface area contributed by atoms with Crippen LogP contribution in [0.1, 0.15) is 20.3 Å². The second-order valence-electron chi connectivity index (χ2n) is 1.73. The predicted molar refractivity (Wildman–Crippen MR) is 37.0 cm³/mol. The van der Waals surface area contributed by atoms with E-state index in [0.717, 1.165) is 6.54 Å². The zero-order valence-corrected chi connectivity index (χ0v) is 6.03. The van der Waals surface area contributed by atoms with Crippen molar-refractivity contribution < 1.29 is 4.79 Å². The molecule has 0 aromatic rings. The highest BCUT2D eigenvalue weighted by molar-refractivity contribution is 5.75. The van der Waals surface area contributed by atoms with Crippen LogP contribution in [0, 0.1) is 0 Å². The van der Waals surface area contributed by atoms with Crippen LogP contribution in [0.5, 0.6) is 0 Å². The largest absolute Gasteiger partial charge is 0.344 e. The Morgan fingerprint density at radius 2 is 2.11 bits per heavy atom. The smallest absolute Gasteiger partial charge is 0.220 e. The molecule has 0 atom stereocenters. The molecule has 3 heteroatoms. The number of hydrogen-bond acceptors (Lipinski definition) is 2. The first kappa shape index (κ1) is 8.43. The molecule has 0 aliphatic carbocycles. The van der Waals surface area contributed by atoms with E-state index >= 15 is 0 Å². The standard InChI is InChI=1S/C6H14N2O/c1-3-6(9)8-5-7-4-2/h7H,3-5H2,1-2H3,(H,8,9). The zero-order chi connectivity index (χ0) is 7.11. The van der Waals surface area contributed by atoms with Crippen LogP contribution in [0.2, 0.25) is 0 Å². The highest BCUT2D eigenvalue weighted by Gasteiger charge is 1.91. The third kappa shape index (κ3) is 5.30. The second kappa shape index (κ2) is 5.56. The first-order valence-corrected chi connectivity index (χ1v) is 3.28. The highest BCUT2D eigenvalue weighted by Crippen LogP contribution is 1.70. The Labute approximate surface area is 55.8 Å². The molecule has 0 aliphatic heterocycles. The summed E-state index contributed by atoms with van der Waals surface area (Å²) in [6.45, 7) is 5.31. The van der Waals surface area contributed by atoms with Gasteiger partial charge in [-0.2, -0.15) is 0 Å². The summed E-state index contributed by atoms with van der Waals surface area (Å²) in [4.78, 5) is 10.5.